The Balaban J connectivity index is 1.64. The Hall–Kier alpha value is -2.18. The predicted octanol–water partition coefficient (Wildman–Crippen LogP) is 3.56. The maximum Gasteiger partial charge on any atom is 0.255 e. The van der Waals surface area contributed by atoms with E-state index in [1.54, 1.807) is 28.6 Å². The van der Waals surface area contributed by atoms with Crippen LogP contribution < -0.4 is 5.32 Å². The van der Waals surface area contributed by atoms with Crippen molar-refractivity contribution in [3.63, 3.8) is 0 Å². The van der Waals surface area contributed by atoms with E-state index < -0.39 is 10.0 Å². The van der Waals surface area contributed by atoms with Gasteiger partial charge in [0.05, 0.1) is 5.75 Å². The number of anilines is 1. The van der Waals surface area contributed by atoms with Gasteiger partial charge in [0.2, 0.25) is 10.0 Å². The first kappa shape index (κ1) is 18.6. The van der Waals surface area contributed by atoms with Gasteiger partial charge in [-0.3, -0.25) is 4.79 Å². The zero-order chi connectivity index (χ0) is 18.6. The summed E-state index contributed by atoms with van der Waals surface area (Å²) in [7, 11) is -3.29. The lowest BCUT2D eigenvalue weighted by atomic mass is 10.1. The summed E-state index contributed by atoms with van der Waals surface area (Å²) in [5, 5.41) is 2.84. The van der Waals surface area contributed by atoms with Crippen LogP contribution in [-0.4, -0.2) is 31.7 Å². The van der Waals surface area contributed by atoms with Crippen molar-refractivity contribution in [2.24, 2.45) is 0 Å². The second-order valence-electron chi connectivity index (χ2n) is 6.73. The highest BCUT2D eigenvalue weighted by atomic mass is 32.2. The lowest BCUT2D eigenvalue weighted by molar-refractivity contribution is 0.102. The van der Waals surface area contributed by atoms with Crippen LogP contribution in [0.2, 0.25) is 0 Å². The fraction of sp³-hybridized carbons (Fsp3) is 0.350. The molecule has 0 aliphatic carbocycles. The van der Waals surface area contributed by atoms with Gasteiger partial charge in [0.25, 0.3) is 5.91 Å². The third kappa shape index (κ3) is 4.71. The van der Waals surface area contributed by atoms with Crippen molar-refractivity contribution < 1.29 is 13.2 Å². The quantitative estimate of drug-likeness (QED) is 0.873. The van der Waals surface area contributed by atoms with Gasteiger partial charge < -0.3 is 5.32 Å². The second kappa shape index (κ2) is 8.01. The van der Waals surface area contributed by atoms with Crippen LogP contribution in [0.1, 0.15) is 40.7 Å². The molecule has 1 fully saturated rings. The number of carbonyl (C=O) groups excluding carboxylic acids is 1. The maximum atomic E-state index is 12.5. The summed E-state index contributed by atoms with van der Waals surface area (Å²) < 4.78 is 26.6. The van der Waals surface area contributed by atoms with E-state index in [1.807, 2.05) is 31.2 Å². The zero-order valence-electron chi connectivity index (χ0n) is 14.9. The minimum Gasteiger partial charge on any atom is -0.322 e. The van der Waals surface area contributed by atoms with E-state index >= 15 is 0 Å². The number of carbonyl (C=O) groups is 1. The smallest absolute Gasteiger partial charge is 0.255 e. The highest BCUT2D eigenvalue weighted by Crippen LogP contribution is 2.18. The normalized spacial score (nSPS) is 15.6. The number of rotatable bonds is 5. The summed E-state index contributed by atoms with van der Waals surface area (Å²) in [6, 6.07) is 14.3. The number of aryl methyl sites for hydroxylation is 1. The van der Waals surface area contributed by atoms with Crippen LogP contribution in [0.4, 0.5) is 5.69 Å². The number of hydrogen-bond acceptors (Lipinski definition) is 3. The second-order valence-corrected chi connectivity index (χ2v) is 8.70. The van der Waals surface area contributed by atoms with Crippen LogP contribution in [0.3, 0.4) is 0 Å². The molecule has 1 N–H and O–H groups in total. The molecule has 0 spiro atoms. The lowest BCUT2D eigenvalue weighted by Gasteiger charge is -2.25. The molecule has 138 valence electrons. The van der Waals surface area contributed by atoms with Gasteiger partial charge in [0, 0.05) is 24.3 Å². The predicted molar refractivity (Wildman–Crippen MR) is 104 cm³/mol. The Morgan fingerprint density at radius 3 is 2.19 bits per heavy atom. The van der Waals surface area contributed by atoms with Gasteiger partial charge in [-0.1, -0.05) is 36.2 Å². The van der Waals surface area contributed by atoms with Crippen molar-refractivity contribution in [2.75, 3.05) is 18.4 Å². The van der Waals surface area contributed by atoms with Crippen molar-refractivity contribution in [3.8, 4) is 0 Å². The van der Waals surface area contributed by atoms with Crippen LogP contribution in [-0.2, 0) is 15.8 Å². The first-order valence-corrected chi connectivity index (χ1v) is 10.5. The van der Waals surface area contributed by atoms with E-state index in [4.69, 9.17) is 0 Å². The van der Waals surface area contributed by atoms with Gasteiger partial charge in [-0.2, -0.15) is 0 Å². The molecule has 0 aromatic heterocycles. The van der Waals surface area contributed by atoms with Gasteiger partial charge in [0.1, 0.15) is 0 Å². The Labute approximate surface area is 155 Å². The molecule has 2 aromatic rings. The van der Waals surface area contributed by atoms with Crippen molar-refractivity contribution in [1.82, 2.24) is 4.31 Å². The number of piperidine rings is 1. The van der Waals surface area contributed by atoms with E-state index in [0.717, 1.165) is 30.5 Å². The van der Waals surface area contributed by atoms with Gasteiger partial charge in [-0.15, -0.1) is 0 Å². The molecule has 1 heterocycles. The summed E-state index contributed by atoms with van der Waals surface area (Å²) in [5.41, 5.74) is 3.06. The molecule has 1 aliphatic heterocycles. The van der Waals surface area contributed by atoms with Crippen molar-refractivity contribution in [1.29, 1.82) is 0 Å². The van der Waals surface area contributed by atoms with Crippen LogP contribution in [0.25, 0.3) is 0 Å². The van der Waals surface area contributed by atoms with Crippen molar-refractivity contribution >= 4 is 21.6 Å². The molecule has 0 atom stereocenters. The van der Waals surface area contributed by atoms with E-state index in [-0.39, 0.29) is 11.7 Å². The third-order valence-corrected chi connectivity index (χ3v) is 6.43. The molecule has 2 aromatic carbocycles. The van der Waals surface area contributed by atoms with Gasteiger partial charge >= 0.3 is 0 Å². The van der Waals surface area contributed by atoms with Gasteiger partial charge in [-0.25, -0.2) is 12.7 Å². The molecular formula is C20H24N2O3S. The summed E-state index contributed by atoms with van der Waals surface area (Å²) in [6.07, 6.45) is 2.95. The molecular weight excluding hydrogens is 348 g/mol. The molecule has 0 unspecified atom stereocenters. The average molecular weight is 372 g/mol. The standard InChI is InChI=1S/C20H24N2O3S/c1-16-5-11-19(12-6-16)21-20(23)18-9-7-17(8-10-18)15-26(24,25)22-13-3-2-4-14-22/h5-12H,2-4,13-15H2,1H3,(H,21,23). The molecule has 3 rings (SSSR count). The van der Waals surface area contributed by atoms with Crippen LogP contribution >= 0.6 is 0 Å². The number of hydrogen-bond donors (Lipinski definition) is 1. The van der Waals surface area contributed by atoms with Crippen LogP contribution in [0.15, 0.2) is 48.5 Å². The van der Waals surface area contributed by atoms with E-state index in [2.05, 4.69) is 5.32 Å². The monoisotopic (exact) mass is 372 g/mol. The lowest BCUT2D eigenvalue weighted by Crippen LogP contribution is -2.36. The van der Waals surface area contributed by atoms with Gasteiger partial charge in [-0.05, 0) is 49.6 Å². The fourth-order valence-electron chi connectivity index (χ4n) is 3.04. The highest BCUT2D eigenvalue weighted by molar-refractivity contribution is 7.88. The summed E-state index contributed by atoms with van der Waals surface area (Å²) in [5.74, 6) is -0.230. The minimum atomic E-state index is -3.29. The van der Waals surface area contributed by atoms with Gasteiger partial charge in [0.15, 0.2) is 0 Å². The summed E-state index contributed by atoms with van der Waals surface area (Å²) in [4.78, 5) is 12.3. The summed E-state index contributed by atoms with van der Waals surface area (Å²) in [6.45, 7) is 3.21. The first-order valence-electron chi connectivity index (χ1n) is 8.89. The first-order chi connectivity index (χ1) is 12.4. The Morgan fingerprint density at radius 2 is 1.58 bits per heavy atom. The summed E-state index contributed by atoms with van der Waals surface area (Å²) >= 11 is 0. The topological polar surface area (TPSA) is 66.5 Å². The molecule has 1 saturated heterocycles. The molecule has 1 amide bonds. The van der Waals surface area contributed by atoms with Crippen molar-refractivity contribution in [2.45, 2.75) is 31.9 Å². The number of sulfonamides is 1. The zero-order valence-corrected chi connectivity index (χ0v) is 15.8. The van der Waals surface area contributed by atoms with E-state index in [1.165, 1.54) is 0 Å². The van der Waals surface area contributed by atoms with Crippen LogP contribution in [0, 0.1) is 6.92 Å². The molecule has 6 heteroatoms. The van der Waals surface area contributed by atoms with Crippen LogP contribution in [0.5, 0.6) is 0 Å². The Kier molecular flexibility index (Phi) is 5.74. The molecule has 5 nitrogen and oxygen atoms in total. The Bertz CT molecular complexity index is 853. The fourth-order valence-corrected chi connectivity index (χ4v) is 4.65. The molecule has 1 aliphatic rings. The SMILES string of the molecule is Cc1ccc(NC(=O)c2ccc(CS(=O)(=O)N3CCCCC3)cc2)cc1. The number of nitrogens with one attached hydrogen (secondary N) is 1. The molecule has 0 radical (unpaired) electrons. The Morgan fingerprint density at radius 1 is 0.962 bits per heavy atom. The third-order valence-electron chi connectivity index (χ3n) is 4.58. The molecule has 26 heavy (non-hydrogen) atoms. The minimum absolute atomic E-state index is 0.0210. The maximum absolute atomic E-state index is 12.5. The number of benzene rings is 2. The number of amides is 1. The molecule has 0 saturated carbocycles. The number of nitrogens with zero attached hydrogens (tertiary/aromatic N) is 1. The highest BCUT2D eigenvalue weighted by Gasteiger charge is 2.24. The van der Waals surface area contributed by atoms with E-state index in [0.29, 0.717) is 24.2 Å². The van der Waals surface area contributed by atoms with Crippen molar-refractivity contribution in [3.05, 3.63) is 65.2 Å². The molecule has 0 bridgehead atoms. The average Bonchev–Trinajstić information content (AvgIpc) is 2.64. The largest absolute Gasteiger partial charge is 0.322 e. The van der Waals surface area contributed by atoms with E-state index in [9.17, 15) is 13.2 Å².